The summed E-state index contributed by atoms with van der Waals surface area (Å²) in [6.45, 7) is 5.62. The smallest absolute Gasteiger partial charge is 0.347 e. The number of fused-ring (bicyclic) bond motifs is 1. The molecule has 1 atom stereocenters. The second-order valence-corrected chi connectivity index (χ2v) is 5.97. The zero-order valence-electron chi connectivity index (χ0n) is 14.9. The highest BCUT2D eigenvalue weighted by molar-refractivity contribution is 6.14. The molecular weight excluding hydrogens is 332 g/mol. The molecule has 0 saturated heterocycles. The molecule has 0 unspecified atom stereocenters. The van der Waals surface area contributed by atoms with Gasteiger partial charge in [-0.2, -0.15) is 0 Å². The second-order valence-electron chi connectivity index (χ2n) is 5.97. The van der Waals surface area contributed by atoms with E-state index < -0.39 is 12.1 Å². The Morgan fingerprint density at radius 3 is 2.73 bits per heavy atom. The number of hydrogen-bond acceptors (Lipinski definition) is 5. The lowest BCUT2D eigenvalue weighted by Gasteiger charge is -2.13. The average Bonchev–Trinajstić information content (AvgIpc) is 2.92. The van der Waals surface area contributed by atoms with Crippen LogP contribution in [0.15, 0.2) is 48.2 Å². The molecule has 5 heteroatoms. The van der Waals surface area contributed by atoms with E-state index in [9.17, 15) is 9.59 Å². The van der Waals surface area contributed by atoms with Gasteiger partial charge in [-0.05, 0) is 50.1 Å². The van der Waals surface area contributed by atoms with E-state index in [1.807, 2.05) is 31.2 Å². The number of carbonyl (C=O) groups excluding carboxylic acids is 2. The second kappa shape index (κ2) is 7.44. The molecule has 2 aromatic carbocycles. The highest BCUT2D eigenvalue weighted by Crippen LogP contribution is 2.35. The number of benzene rings is 2. The maximum absolute atomic E-state index is 12.5. The van der Waals surface area contributed by atoms with Crippen molar-refractivity contribution in [2.45, 2.75) is 26.9 Å². The van der Waals surface area contributed by atoms with Crippen LogP contribution in [-0.4, -0.2) is 24.5 Å². The van der Waals surface area contributed by atoms with Crippen molar-refractivity contribution in [3.05, 3.63) is 64.9 Å². The molecule has 0 radical (unpaired) electrons. The van der Waals surface area contributed by atoms with Crippen LogP contribution in [0.3, 0.4) is 0 Å². The maximum atomic E-state index is 12.5. The van der Waals surface area contributed by atoms with Crippen LogP contribution in [0, 0.1) is 6.92 Å². The topological polar surface area (TPSA) is 61.8 Å². The van der Waals surface area contributed by atoms with Crippen LogP contribution >= 0.6 is 0 Å². The molecule has 0 N–H and O–H groups in total. The molecule has 0 aromatic heterocycles. The van der Waals surface area contributed by atoms with Gasteiger partial charge in [0, 0.05) is 6.07 Å². The fourth-order valence-corrected chi connectivity index (χ4v) is 2.64. The summed E-state index contributed by atoms with van der Waals surface area (Å²) in [6.07, 6.45) is 0.992. The molecule has 134 valence electrons. The van der Waals surface area contributed by atoms with Crippen molar-refractivity contribution in [1.82, 2.24) is 0 Å². The zero-order chi connectivity index (χ0) is 18.7. The van der Waals surface area contributed by atoms with Gasteiger partial charge in [-0.3, -0.25) is 4.79 Å². The van der Waals surface area contributed by atoms with E-state index in [1.54, 1.807) is 38.1 Å². The number of carbonyl (C=O) groups is 2. The number of esters is 1. The van der Waals surface area contributed by atoms with Crippen molar-refractivity contribution in [2.24, 2.45) is 0 Å². The van der Waals surface area contributed by atoms with Crippen molar-refractivity contribution in [3.8, 4) is 11.5 Å². The lowest BCUT2D eigenvalue weighted by Crippen LogP contribution is -2.26. The number of Topliss-reactive ketones (excluding diaryl/α,β-unsaturated/α-hetero) is 1. The Labute approximate surface area is 152 Å². The summed E-state index contributed by atoms with van der Waals surface area (Å²) in [5.41, 5.74) is 2.46. The minimum atomic E-state index is -0.743. The molecule has 0 spiro atoms. The van der Waals surface area contributed by atoms with Gasteiger partial charge >= 0.3 is 5.97 Å². The van der Waals surface area contributed by atoms with E-state index in [4.69, 9.17) is 14.2 Å². The average molecular weight is 352 g/mol. The first kappa shape index (κ1) is 17.7. The molecule has 1 aliphatic rings. The van der Waals surface area contributed by atoms with E-state index in [0.717, 1.165) is 11.1 Å². The number of aryl methyl sites for hydroxylation is 1. The Bertz CT molecular complexity index is 882. The molecule has 26 heavy (non-hydrogen) atoms. The number of hydrogen-bond donors (Lipinski definition) is 0. The zero-order valence-corrected chi connectivity index (χ0v) is 14.9. The molecule has 0 fully saturated rings. The monoisotopic (exact) mass is 352 g/mol. The van der Waals surface area contributed by atoms with Crippen LogP contribution in [-0.2, 0) is 9.53 Å². The fraction of sp³-hybridized carbons (Fsp3) is 0.238. The molecule has 1 aliphatic heterocycles. The van der Waals surface area contributed by atoms with E-state index in [0.29, 0.717) is 23.7 Å². The molecular formula is C21H20O5. The quantitative estimate of drug-likeness (QED) is 0.602. The summed E-state index contributed by atoms with van der Waals surface area (Å²) in [7, 11) is 0. The number of ether oxygens (including phenoxy) is 3. The summed E-state index contributed by atoms with van der Waals surface area (Å²) in [6, 6.07) is 12.7. The predicted molar refractivity (Wildman–Crippen MR) is 97.3 cm³/mol. The van der Waals surface area contributed by atoms with Gasteiger partial charge in [0.25, 0.3) is 0 Å². The summed E-state index contributed by atoms with van der Waals surface area (Å²) in [5.74, 6) is 0.515. The van der Waals surface area contributed by atoms with Crippen LogP contribution in [0.25, 0.3) is 6.08 Å². The third-order valence-electron chi connectivity index (χ3n) is 4.05. The Morgan fingerprint density at radius 1 is 1.23 bits per heavy atom. The van der Waals surface area contributed by atoms with Gasteiger partial charge in [-0.25, -0.2) is 4.79 Å². The molecule has 3 rings (SSSR count). The van der Waals surface area contributed by atoms with Crippen LogP contribution in [0.5, 0.6) is 11.5 Å². The van der Waals surface area contributed by atoms with Gasteiger partial charge in [-0.15, -0.1) is 0 Å². The van der Waals surface area contributed by atoms with Crippen LogP contribution in [0.2, 0.25) is 0 Å². The van der Waals surface area contributed by atoms with Gasteiger partial charge < -0.3 is 14.2 Å². The van der Waals surface area contributed by atoms with Crippen molar-refractivity contribution >= 4 is 17.8 Å². The summed E-state index contributed by atoms with van der Waals surface area (Å²) < 4.78 is 16.2. The van der Waals surface area contributed by atoms with Crippen molar-refractivity contribution in [2.75, 3.05) is 6.61 Å². The molecule has 5 nitrogen and oxygen atoms in total. The molecule has 0 amide bonds. The first-order valence-electron chi connectivity index (χ1n) is 8.46. The van der Waals surface area contributed by atoms with Gasteiger partial charge in [0.1, 0.15) is 11.5 Å². The maximum Gasteiger partial charge on any atom is 0.347 e. The number of ketones is 1. The van der Waals surface area contributed by atoms with E-state index >= 15 is 0 Å². The molecule has 0 aliphatic carbocycles. The molecule has 0 saturated carbocycles. The highest BCUT2D eigenvalue weighted by atomic mass is 16.6. The summed E-state index contributed by atoms with van der Waals surface area (Å²) in [4.78, 5) is 24.2. The minimum Gasteiger partial charge on any atom is -0.479 e. The largest absolute Gasteiger partial charge is 0.479 e. The van der Waals surface area contributed by atoms with Gasteiger partial charge in [0.15, 0.2) is 11.9 Å². The third-order valence-corrected chi connectivity index (χ3v) is 4.05. The van der Waals surface area contributed by atoms with Gasteiger partial charge in [0.2, 0.25) is 5.78 Å². The first-order chi connectivity index (χ1) is 12.5. The van der Waals surface area contributed by atoms with E-state index in [1.165, 1.54) is 0 Å². The SMILES string of the molecule is CCOC(=O)[C@@H](C)Oc1ccc2c(c1)O/C(=C\c1ccccc1C)C2=O. The van der Waals surface area contributed by atoms with Gasteiger partial charge in [-0.1, -0.05) is 24.3 Å². The van der Waals surface area contributed by atoms with Crippen LogP contribution in [0.1, 0.15) is 35.3 Å². The first-order valence-corrected chi connectivity index (χ1v) is 8.46. The molecule has 0 bridgehead atoms. The normalized spacial score (nSPS) is 15.3. The van der Waals surface area contributed by atoms with E-state index in [-0.39, 0.29) is 11.5 Å². The highest BCUT2D eigenvalue weighted by Gasteiger charge is 2.28. The molecule has 1 heterocycles. The number of rotatable bonds is 5. The fourth-order valence-electron chi connectivity index (χ4n) is 2.64. The Morgan fingerprint density at radius 2 is 2.00 bits per heavy atom. The Kier molecular flexibility index (Phi) is 5.07. The van der Waals surface area contributed by atoms with Gasteiger partial charge in [0.05, 0.1) is 12.2 Å². The minimum absolute atomic E-state index is 0.173. The standard InChI is InChI=1S/C21H20O5/c1-4-24-21(23)14(3)25-16-9-10-17-18(12-16)26-19(20(17)22)11-15-8-6-5-7-13(15)2/h5-12,14H,4H2,1-3H3/b19-11-/t14-/m1/s1. The Balaban J connectivity index is 1.80. The summed E-state index contributed by atoms with van der Waals surface area (Å²) >= 11 is 0. The van der Waals surface area contributed by atoms with Crippen molar-refractivity contribution < 1.29 is 23.8 Å². The summed E-state index contributed by atoms with van der Waals surface area (Å²) in [5, 5.41) is 0. The lowest BCUT2D eigenvalue weighted by atomic mass is 10.1. The Hall–Kier alpha value is -3.08. The van der Waals surface area contributed by atoms with Crippen molar-refractivity contribution in [1.29, 1.82) is 0 Å². The van der Waals surface area contributed by atoms with Crippen LogP contribution < -0.4 is 9.47 Å². The van der Waals surface area contributed by atoms with Crippen molar-refractivity contribution in [3.63, 3.8) is 0 Å². The third kappa shape index (κ3) is 3.61. The lowest BCUT2D eigenvalue weighted by molar-refractivity contribution is -0.150. The predicted octanol–water partition coefficient (Wildman–Crippen LogP) is 3.94. The van der Waals surface area contributed by atoms with Crippen LogP contribution in [0.4, 0.5) is 0 Å². The number of allylic oxidation sites excluding steroid dienone is 1. The van der Waals surface area contributed by atoms with E-state index in [2.05, 4.69) is 0 Å². The molecule has 2 aromatic rings.